The summed E-state index contributed by atoms with van der Waals surface area (Å²) in [6, 6.07) is 6.41. The van der Waals surface area contributed by atoms with Crippen LogP contribution in [0.4, 0.5) is 0 Å². The molecule has 0 fully saturated rings. The van der Waals surface area contributed by atoms with E-state index in [1.54, 1.807) is 25.1 Å². The van der Waals surface area contributed by atoms with Crippen molar-refractivity contribution >= 4 is 29.4 Å². The lowest BCUT2D eigenvalue weighted by Gasteiger charge is -2.07. The molecule has 0 radical (unpaired) electrons. The fourth-order valence-corrected chi connectivity index (χ4v) is 1.68. The van der Waals surface area contributed by atoms with Crippen LogP contribution in [0.2, 0.25) is 5.02 Å². The number of amides is 2. The normalized spacial score (nSPS) is 9.81. The van der Waals surface area contributed by atoms with E-state index in [1.165, 1.54) is 6.07 Å². The minimum absolute atomic E-state index is 0.0990. The van der Waals surface area contributed by atoms with Gasteiger partial charge in [0.1, 0.15) is 0 Å². The average Bonchev–Trinajstić information content (AvgIpc) is 2.45. The lowest BCUT2D eigenvalue weighted by Crippen LogP contribution is -2.37. The first kappa shape index (κ1) is 17.0. The van der Waals surface area contributed by atoms with Crippen LogP contribution >= 0.6 is 11.6 Å². The molecule has 0 heterocycles. The molecule has 0 aliphatic carbocycles. The molecule has 1 aromatic rings. The van der Waals surface area contributed by atoms with Crippen molar-refractivity contribution in [3.05, 3.63) is 34.9 Å². The van der Waals surface area contributed by atoms with Crippen LogP contribution in [-0.4, -0.2) is 37.5 Å². The Bertz CT molecular complexity index is 519. The third-order valence-corrected chi connectivity index (χ3v) is 2.69. The molecule has 0 saturated carbocycles. The molecule has 21 heavy (non-hydrogen) atoms. The Kier molecular flexibility index (Phi) is 7.25. The lowest BCUT2D eigenvalue weighted by molar-refractivity contribution is -0.143. The van der Waals surface area contributed by atoms with E-state index in [9.17, 15) is 14.4 Å². The first-order valence-corrected chi connectivity index (χ1v) is 6.86. The highest BCUT2D eigenvalue weighted by atomic mass is 35.5. The van der Waals surface area contributed by atoms with E-state index in [2.05, 4.69) is 10.6 Å². The van der Waals surface area contributed by atoms with Gasteiger partial charge in [0, 0.05) is 17.1 Å². The second kappa shape index (κ2) is 8.97. The monoisotopic (exact) mass is 312 g/mol. The molecule has 2 amide bonds. The van der Waals surface area contributed by atoms with E-state index in [4.69, 9.17) is 16.3 Å². The maximum Gasteiger partial charge on any atom is 0.307 e. The maximum atomic E-state index is 11.7. The fourth-order valence-electron chi connectivity index (χ4n) is 1.49. The number of rotatable bonds is 7. The molecule has 0 saturated heterocycles. The van der Waals surface area contributed by atoms with E-state index in [1.807, 2.05) is 0 Å². The van der Waals surface area contributed by atoms with Crippen LogP contribution in [0.15, 0.2) is 24.3 Å². The van der Waals surface area contributed by atoms with Gasteiger partial charge in [0.2, 0.25) is 5.91 Å². The van der Waals surface area contributed by atoms with E-state index in [-0.39, 0.29) is 31.4 Å². The van der Waals surface area contributed by atoms with Gasteiger partial charge in [-0.15, -0.1) is 0 Å². The minimum Gasteiger partial charge on any atom is -0.466 e. The van der Waals surface area contributed by atoms with Gasteiger partial charge in [-0.05, 0) is 25.1 Å². The van der Waals surface area contributed by atoms with Gasteiger partial charge < -0.3 is 15.4 Å². The van der Waals surface area contributed by atoms with Crippen molar-refractivity contribution < 1.29 is 19.1 Å². The van der Waals surface area contributed by atoms with Crippen LogP contribution in [0.3, 0.4) is 0 Å². The largest absolute Gasteiger partial charge is 0.466 e. The van der Waals surface area contributed by atoms with Gasteiger partial charge >= 0.3 is 5.97 Å². The van der Waals surface area contributed by atoms with Gasteiger partial charge in [0.25, 0.3) is 5.91 Å². The summed E-state index contributed by atoms with van der Waals surface area (Å²) in [4.78, 5) is 34.3. The first-order chi connectivity index (χ1) is 10.0. The van der Waals surface area contributed by atoms with E-state index < -0.39 is 5.91 Å². The van der Waals surface area contributed by atoms with Crippen LogP contribution in [0, 0.1) is 0 Å². The summed E-state index contributed by atoms with van der Waals surface area (Å²) in [5.41, 5.74) is 0.377. The van der Waals surface area contributed by atoms with E-state index in [0.29, 0.717) is 17.2 Å². The number of carbonyl (C=O) groups is 3. The zero-order chi connectivity index (χ0) is 15.7. The second-order valence-corrected chi connectivity index (χ2v) is 4.53. The van der Waals surface area contributed by atoms with Crippen molar-refractivity contribution in [2.75, 3.05) is 19.7 Å². The zero-order valence-electron chi connectivity index (χ0n) is 11.6. The smallest absolute Gasteiger partial charge is 0.307 e. The molecule has 0 unspecified atom stereocenters. The number of esters is 1. The quantitative estimate of drug-likeness (QED) is 0.739. The van der Waals surface area contributed by atoms with Crippen molar-refractivity contribution in [1.29, 1.82) is 0 Å². The summed E-state index contributed by atoms with van der Waals surface area (Å²) in [5.74, 6) is -1.14. The maximum absolute atomic E-state index is 11.7. The number of nitrogens with one attached hydrogen (secondary N) is 2. The van der Waals surface area contributed by atoms with E-state index >= 15 is 0 Å². The molecule has 1 rings (SSSR count). The number of halogens is 1. The summed E-state index contributed by atoms with van der Waals surface area (Å²) >= 11 is 5.77. The molecule has 6 nitrogen and oxygen atoms in total. The Morgan fingerprint density at radius 2 is 2.00 bits per heavy atom. The minimum atomic E-state index is -0.391. The highest BCUT2D eigenvalue weighted by Crippen LogP contribution is 2.10. The third-order valence-electron chi connectivity index (χ3n) is 2.45. The number of hydrogen-bond acceptors (Lipinski definition) is 4. The van der Waals surface area contributed by atoms with Crippen LogP contribution < -0.4 is 10.6 Å². The Morgan fingerprint density at radius 3 is 2.67 bits per heavy atom. The average molecular weight is 313 g/mol. The van der Waals surface area contributed by atoms with Crippen molar-refractivity contribution in [3.8, 4) is 0 Å². The molecule has 0 aromatic heterocycles. The molecule has 2 N–H and O–H groups in total. The van der Waals surface area contributed by atoms with E-state index in [0.717, 1.165) is 0 Å². The van der Waals surface area contributed by atoms with Crippen LogP contribution in [0.25, 0.3) is 0 Å². The summed E-state index contributed by atoms with van der Waals surface area (Å²) < 4.78 is 4.72. The molecule has 0 atom stereocenters. The molecule has 0 aliphatic rings. The van der Waals surface area contributed by atoms with Gasteiger partial charge in [0.15, 0.2) is 0 Å². The van der Waals surface area contributed by atoms with Crippen LogP contribution in [-0.2, 0) is 14.3 Å². The van der Waals surface area contributed by atoms with Gasteiger partial charge in [-0.2, -0.15) is 0 Å². The number of hydrogen-bond donors (Lipinski definition) is 2. The Labute approximate surface area is 127 Å². The summed E-state index contributed by atoms with van der Waals surface area (Å²) in [5, 5.41) is 5.42. The topological polar surface area (TPSA) is 84.5 Å². The summed E-state index contributed by atoms with van der Waals surface area (Å²) in [6.45, 7) is 2.02. The van der Waals surface area contributed by atoms with Gasteiger partial charge in [0.05, 0.1) is 19.6 Å². The van der Waals surface area contributed by atoms with Crippen molar-refractivity contribution in [3.63, 3.8) is 0 Å². The number of benzene rings is 1. The predicted octanol–water partition coefficient (Wildman–Crippen LogP) is 1.14. The molecule has 7 heteroatoms. The lowest BCUT2D eigenvalue weighted by atomic mass is 10.2. The Morgan fingerprint density at radius 1 is 1.24 bits per heavy atom. The van der Waals surface area contributed by atoms with Crippen molar-refractivity contribution in [2.24, 2.45) is 0 Å². The van der Waals surface area contributed by atoms with Gasteiger partial charge in [-0.1, -0.05) is 17.7 Å². The predicted molar refractivity (Wildman–Crippen MR) is 78.0 cm³/mol. The molecule has 0 aliphatic heterocycles. The second-order valence-electron chi connectivity index (χ2n) is 4.10. The Hall–Kier alpha value is -2.08. The standard InChI is InChI=1S/C14H17ClN2O4/c1-2-21-13(19)6-7-16-12(18)9-17-14(20)10-4-3-5-11(15)8-10/h3-5,8H,2,6-7,9H2,1H3,(H,16,18)(H,17,20). The first-order valence-electron chi connectivity index (χ1n) is 6.49. The van der Waals surface area contributed by atoms with Crippen LogP contribution in [0.5, 0.6) is 0 Å². The zero-order valence-corrected chi connectivity index (χ0v) is 12.4. The SMILES string of the molecule is CCOC(=O)CCNC(=O)CNC(=O)c1cccc(Cl)c1. The number of carbonyl (C=O) groups excluding carboxylic acids is 3. The molecule has 114 valence electrons. The number of ether oxygens (including phenoxy) is 1. The van der Waals surface area contributed by atoms with Crippen LogP contribution in [0.1, 0.15) is 23.7 Å². The van der Waals surface area contributed by atoms with Gasteiger partial charge in [-0.3, -0.25) is 14.4 Å². The fraction of sp³-hybridized carbons (Fsp3) is 0.357. The summed E-state index contributed by atoms with van der Waals surface area (Å²) in [6.07, 6.45) is 0.0990. The van der Waals surface area contributed by atoms with Crippen molar-refractivity contribution in [2.45, 2.75) is 13.3 Å². The molecular formula is C14H17ClN2O4. The van der Waals surface area contributed by atoms with Gasteiger partial charge in [-0.25, -0.2) is 0 Å². The molecular weight excluding hydrogens is 296 g/mol. The highest BCUT2D eigenvalue weighted by Gasteiger charge is 2.09. The Balaban J connectivity index is 2.27. The highest BCUT2D eigenvalue weighted by molar-refractivity contribution is 6.30. The third kappa shape index (κ3) is 6.76. The molecule has 1 aromatic carbocycles. The summed E-state index contributed by atoms with van der Waals surface area (Å²) in [7, 11) is 0. The molecule has 0 spiro atoms. The molecule has 0 bridgehead atoms. The van der Waals surface area contributed by atoms with Crippen molar-refractivity contribution in [1.82, 2.24) is 10.6 Å².